The van der Waals surface area contributed by atoms with Crippen molar-refractivity contribution in [3.8, 4) is 0 Å². The van der Waals surface area contributed by atoms with E-state index in [9.17, 15) is 10.0 Å². The van der Waals surface area contributed by atoms with E-state index in [2.05, 4.69) is 10.2 Å². The minimum atomic E-state index is -1.46. The first-order valence-corrected chi connectivity index (χ1v) is 6.26. The molecular formula is C12H20BN3O2. The lowest BCUT2D eigenvalue weighted by atomic mass is 9.76. The van der Waals surface area contributed by atoms with Gasteiger partial charge in [0.05, 0.1) is 0 Å². The van der Waals surface area contributed by atoms with Crippen LogP contribution >= 0.6 is 0 Å². The number of nitrogens with one attached hydrogen (secondary N) is 1. The van der Waals surface area contributed by atoms with E-state index < -0.39 is 7.12 Å². The minimum Gasteiger partial charge on any atom is -0.423 e. The van der Waals surface area contributed by atoms with Gasteiger partial charge in [-0.1, -0.05) is 6.07 Å². The van der Waals surface area contributed by atoms with E-state index in [1.54, 1.807) is 6.92 Å². The number of nitrogen functional groups attached to an aromatic ring is 1. The molecule has 0 amide bonds. The predicted molar refractivity (Wildman–Crippen MR) is 73.6 cm³/mol. The number of nitrogens with two attached hydrogens (primary N) is 1. The Morgan fingerprint density at radius 3 is 2.61 bits per heavy atom. The number of hydrogen-bond donors (Lipinski definition) is 4. The van der Waals surface area contributed by atoms with Gasteiger partial charge in [-0.2, -0.15) is 0 Å². The lowest BCUT2D eigenvalue weighted by Gasteiger charge is -2.27. The van der Waals surface area contributed by atoms with Crippen molar-refractivity contribution in [2.75, 3.05) is 31.9 Å². The molecule has 0 unspecified atom stereocenters. The van der Waals surface area contributed by atoms with Crippen molar-refractivity contribution in [3.05, 3.63) is 23.3 Å². The number of nitrogens with zero attached hydrogens (tertiary/aromatic N) is 1. The van der Waals surface area contributed by atoms with Crippen molar-refractivity contribution in [2.45, 2.75) is 13.5 Å². The second-order valence-electron chi connectivity index (χ2n) is 4.80. The second-order valence-corrected chi connectivity index (χ2v) is 4.80. The molecule has 18 heavy (non-hydrogen) atoms. The highest BCUT2D eigenvalue weighted by Crippen LogP contribution is 2.14. The first-order chi connectivity index (χ1) is 8.58. The van der Waals surface area contributed by atoms with Gasteiger partial charge in [0.15, 0.2) is 0 Å². The molecule has 1 fully saturated rings. The molecule has 1 aliphatic heterocycles. The molecular weight excluding hydrogens is 229 g/mol. The molecule has 2 rings (SSSR count). The van der Waals surface area contributed by atoms with Crippen molar-refractivity contribution in [3.63, 3.8) is 0 Å². The summed E-state index contributed by atoms with van der Waals surface area (Å²) in [5, 5.41) is 22.0. The normalized spacial score (nSPS) is 16.8. The molecule has 5 N–H and O–H groups in total. The first kappa shape index (κ1) is 13.4. The van der Waals surface area contributed by atoms with Crippen LogP contribution in [0.4, 0.5) is 5.69 Å². The van der Waals surface area contributed by atoms with Crippen molar-refractivity contribution >= 4 is 18.3 Å². The molecule has 1 aromatic rings. The fraction of sp³-hybridized carbons (Fsp3) is 0.500. The van der Waals surface area contributed by atoms with Crippen LogP contribution in [-0.4, -0.2) is 48.2 Å². The van der Waals surface area contributed by atoms with Crippen molar-refractivity contribution < 1.29 is 10.0 Å². The van der Waals surface area contributed by atoms with E-state index in [0.717, 1.165) is 43.9 Å². The molecule has 5 nitrogen and oxygen atoms in total. The fourth-order valence-electron chi connectivity index (χ4n) is 2.31. The molecule has 1 aliphatic rings. The van der Waals surface area contributed by atoms with Crippen LogP contribution in [0.1, 0.15) is 11.1 Å². The predicted octanol–water partition coefficient (Wildman–Crippen LogP) is -1.34. The molecule has 0 saturated carbocycles. The van der Waals surface area contributed by atoms with E-state index in [1.165, 1.54) is 0 Å². The maximum Gasteiger partial charge on any atom is 0.488 e. The van der Waals surface area contributed by atoms with Gasteiger partial charge < -0.3 is 21.1 Å². The Balaban J connectivity index is 2.17. The Bertz CT molecular complexity index is 420. The van der Waals surface area contributed by atoms with E-state index in [0.29, 0.717) is 11.2 Å². The molecule has 0 aromatic heterocycles. The zero-order valence-electron chi connectivity index (χ0n) is 10.7. The Labute approximate surface area is 108 Å². The van der Waals surface area contributed by atoms with Gasteiger partial charge in [-0.25, -0.2) is 0 Å². The average Bonchev–Trinajstić information content (AvgIpc) is 2.34. The summed E-state index contributed by atoms with van der Waals surface area (Å²) in [4.78, 5) is 2.33. The van der Waals surface area contributed by atoms with Gasteiger partial charge in [-0.3, -0.25) is 4.90 Å². The third-order valence-corrected chi connectivity index (χ3v) is 3.44. The van der Waals surface area contributed by atoms with Gasteiger partial charge in [0.1, 0.15) is 0 Å². The van der Waals surface area contributed by atoms with Crippen LogP contribution in [0.25, 0.3) is 0 Å². The molecule has 0 atom stereocenters. The highest BCUT2D eigenvalue weighted by Gasteiger charge is 2.18. The van der Waals surface area contributed by atoms with Gasteiger partial charge in [0, 0.05) is 38.4 Å². The van der Waals surface area contributed by atoms with Crippen LogP contribution < -0.4 is 16.5 Å². The Hall–Kier alpha value is -1.08. The molecule has 0 spiro atoms. The molecule has 0 aliphatic carbocycles. The minimum absolute atomic E-state index is 0.500. The zero-order valence-corrected chi connectivity index (χ0v) is 10.7. The van der Waals surface area contributed by atoms with Gasteiger partial charge >= 0.3 is 7.12 Å². The zero-order chi connectivity index (χ0) is 13.1. The quantitative estimate of drug-likeness (QED) is 0.394. The average molecular weight is 249 g/mol. The standard InChI is InChI=1S/C12H20BN3O2/c1-9-11(13(17)18)6-10(7-12(9)14)8-16-4-2-15-3-5-16/h6-7,15,17-18H,2-5,8,14H2,1H3. The van der Waals surface area contributed by atoms with Crippen LogP contribution in [0.5, 0.6) is 0 Å². The summed E-state index contributed by atoms with van der Waals surface area (Å²) < 4.78 is 0. The molecule has 0 radical (unpaired) electrons. The summed E-state index contributed by atoms with van der Waals surface area (Å²) in [5.41, 5.74) is 8.80. The summed E-state index contributed by atoms with van der Waals surface area (Å²) in [6, 6.07) is 3.75. The highest BCUT2D eigenvalue weighted by atomic mass is 16.4. The summed E-state index contributed by atoms with van der Waals surface area (Å²) in [7, 11) is -1.46. The number of piperazine rings is 1. The molecule has 98 valence electrons. The van der Waals surface area contributed by atoms with Gasteiger partial charge in [0.25, 0.3) is 0 Å². The van der Waals surface area contributed by atoms with E-state index in [-0.39, 0.29) is 0 Å². The number of hydrogen-bond acceptors (Lipinski definition) is 5. The summed E-state index contributed by atoms with van der Waals surface area (Å²) in [6.07, 6.45) is 0. The Kier molecular flexibility index (Phi) is 4.24. The molecule has 1 saturated heterocycles. The molecule has 1 heterocycles. The topological polar surface area (TPSA) is 81.8 Å². The van der Waals surface area contributed by atoms with E-state index in [1.807, 2.05) is 12.1 Å². The third kappa shape index (κ3) is 3.03. The maximum absolute atomic E-state index is 9.34. The SMILES string of the molecule is Cc1c(N)cc(CN2CCNCC2)cc1B(O)O. The maximum atomic E-state index is 9.34. The smallest absolute Gasteiger partial charge is 0.423 e. The van der Waals surface area contributed by atoms with Crippen LogP contribution in [-0.2, 0) is 6.54 Å². The molecule has 6 heteroatoms. The largest absolute Gasteiger partial charge is 0.488 e. The first-order valence-electron chi connectivity index (χ1n) is 6.26. The fourth-order valence-corrected chi connectivity index (χ4v) is 2.31. The van der Waals surface area contributed by atoms with Gasteiger partial charge in [-0.15, -0.1) is 0 Å². The van der Waals surface area contributed by atoms with Gasteiger partial charge in [-0.05, 0) is 29.6 Å². The molecule has 0 bridgehead atoms. The summed E-state index contributed by atoms with van der Waals surface area (Å²) >= 11 is 0. The van der Waals surface area contributed by atoms with Crippen molar-refractivity contribution in [1.82, 2.24) is 10.2 Å². The van der Waals surface area contributed by atoms with E-state index >= 15 is 0 Å². The summed E-state index contributed by atoms with van der Waals surface area (Å²) in [6.45, 7) is 6.60. The highest BCUT2D eigenvalue weighted by molar-refractivity contribution is 6.59. The van der Waals surface area contributed by atoms with Crippen LogP contribution in [0.3, 0.4) is 0 Å². The lowest BCUT2D eigenvalue weighted by Crippen LogP contribution is -2.43. The molecule has 1 aromatic carbocycles. The van der Waals surface area contributed by atoms with Crippen molar-refractivity contribution in [2.24, 2.45) is 0 Å². The summed E-state index contributed by atoms with van der Waals surface area (Å²) in [5.74, 6) is 0. The van der Waals surface area contributed by atoms with Crippen LogP contribution in [0, 0.1) is 6.92 Å². The Morgan fingerprint density at radius 1 is 1.33 bits per heavy atom. The van der Waals surface area contributed by atoms with Gasteiger partial charge in [0.2, 0.25) is 0 Å². The lowest BCUT2D eigenvalue weighted by molar-refractivity contribution is 0.233. The van der Waals surface area contributed by atoms with Crippen LogP contribution in [0.15, 0.2) is 12.1 Å². The number of benzene rings is 1. The Morgan fingerprint density at radius 2 is 2.00 bits per heavy atom. The number of rotatable bonds is 3. The third-order valence-electron chi connectivity index (χ3n) is 3.44. The second kappa shape index (κ2) is 5.71. The number of anilines is 1. The van der Waals surface area contributed by atoms with Crippen molar-refractivity contribution in [1.29, 1.82) is 0 Å². The monoisotopic (exact) mass is 249 g/mol. The van der Waals surface area contributed by atoms with Crippen LogP contribution in [0.2, 0.25) is 0 Å². The van der Waals surface area contributed by atoms with E-state index in [4.69, 9.17) is 5.73 Å².